The monoisotopic (exact) mass is 499 g/mol. The summed E-state index contributed by atoms with van der Waals surface area (Å²) in [4.78, 5) is 12.9. The lowest BCUT2D eigenvalue weighted by Gasteiger charge is -2.10. The zero-order valence-electron chi connectivity index (χ0n) is 19.3. The van der Waals surface area contributed by atoms with Crippen LogP contribution in [0.15, 0.2) is 42.5 Å². The molecule has 0 aliphatic carbocycles. The van der Waals surface area contributed by atoms with Crippen molar-refractivity contribution in [1.29, 1.82) is 0 Å². The van der Waals surface area contributed by atoms with Crippen molar-refractivity contribution in [3.05, 3.63) is 97.8 Å². The van der Waals surface area contributed by atoms with Gasteiger partial charge in [0.2, 0.25) is 0 Å². The highest BCUT2D eigenvalue weighted by atomic mass is 35.5. The van der Waals surface area contributed by atoms with E-state index in [4.69, 9.17) is 23.2 Å². The molecule has 0 fully saturated rings. The van der Waals surface area contributed by atoms with Gasteiger partial charge >= 0.3 is 0 Å². The number of anilines is 1. The molecule has 4 rings (SSSR count). The third kappa shape index (κ3) is 4.72. The highest BCUT2D eigenvalue weighted by Crippen LogP contribution is 2.25. The standard InChI is InChI=1S/C25H24Cl2FN5O/c1-14-23(27)16(3)32(30-14)12-18-8-10-19(11-9-18)25(34)29-24-15(2)31-33(17(24)4)13-20-21(26)6-5-7-22(20)28/h5-11H,12-13H2,1-4H3,(H,29,34). The fourth-order valence-corrected chi connectivity index (χ4v) is 4.17. The molecule has 0 atom stereocenters. The predicted octanol–water partition coefficient (Wildman–Crippen LogP) is 6.11. The van der Waals surface area contributed by atoms with Crippen LogP contribution in [0.1, 0.15) is 44.3 Å². The van der Waals surface area contributed by atoms with Crippen molar-refractivity contribution in [2.24, 2.45) is 0 Å². The number of nitrogens with one attached hydrogen (secondary N) is 1. The second-order valence-electron chi connectivity index (χ2n) is 8.20. The third-order valence-electron chi connectivity index (χ3n) is 5.83. The maximum Gasteiger partial charge on any atom is 0.255 e. The van der Waals surface area contributed by atoms with Gasteiger partial charge in [-0.25, -0.2) is 4.39 Å². The Balaban J connectivity index is 1.49. The number of amides is 1. The lowest BCUT2D eigenvalue weighted by atomic mass is 10.1. The van der Waals surface area contributed by atoms with Gasteiger partial charge in [0.1, 0.15) is 5.82 Å². The fourth-order valence-electron chi connectivity index (χ4n) is 3.81. The number of aryl methyl sites for hydroxylation is 2. The second-order valence-corrected chi connectivity index (χ2v) is 8.98. The summed E-state index contributed by atoms with van der Waals surface area (Å²) < 4.78 is 17.7. The van der Waals surface area contributed by atoms with Crippen molar-refractivity contribution in [1.82, 2.24) is 19.6 Å². The van der Waals surface area contributed by atoms with Crippen molar-refractivity contribution in [3.63, 3.8) is 0 Å². The van der Waals surface area contributed by atoms with E-state index in [0.29, 0.717) is 44.8 Å². The largest absolute Gasteiger partial charge is 0.319 e. The Labute approximate surface area is 207 Å². The van der Waals surface area contributed by atoms with Crippen LogP contribution >= 0.6 is 23.2 Å². The minimum absolute atomic E-state index is 0.166. The minimum Gasteiger partial charge on any atom is -0.319 e. The summed E-state index contributed by atoms with van der Waals surface area (Å²) >= 11 is 12.4. The van der Waals surface area contributed by atoms with Gasteiger partial charge in [-0.1, -0.05) is 41.4 Å². The first-order valence-electron chi connectivity index (χ1n) is 10.7. The molecule has 0 bridgehead atoms. The fraction of sp³-hybridized carbons (Fsp3) is 0.240. The molecule has 1 N–H and O–H groups in total. The Morgan fingerprint density at radius 2 is 1.56 bits per heavy atom. The van der Waals surface area contributed by atoms with Crippen LogP contribution in [0.5, 0.6) is 0 Å². The van der Waals surface area contributed by atoms with E-state index in [-0.39, 0.29) is 12.5 Å². The van der Waals surface area contributed by atoms with E-state index in [1.807, 2.05) is 37.6 Å². The molecule has 2 heterocycles. The quantitative estimate of drug-likeness (QED) is 0.348. The molecule has 0 unspecified atom stereocenters. The number of carbonyl (C=O) groups is 1. The molecule has 9 heteroatoms. The van der Waals surface area contributed by atoms with Gasteiger partial charge in [-0.3, -0.25) is 14.2 Å². The first-order valence-corrected chi connectivity index (χ1v) is 11.5. The number of benzene rings is 2. The molecule has 0 spiro atoms. The van der Waals surface area contributed by atoms with E-state index in [9.17, 15) is 9.18 Å². The van der Waals surface area contributed by atoms with Crippen LogP contribution in [-0.4, -0.2) is 25.5 Å². The smallest absolute Gasteiger partial charge is 0.255 e. The Morgan fingerprint density at radius 1 is 0.912 bits per heavy atom. The van der Waals surface area contributed by atoms with Crippen molar-refractivity contribution >= 4 is 34.8 Å². The van der Waals surface area contributed by atoms with E-state index in [1.165, 1.54) is 6.07 Å². The summed E-state index contributed by atoms with van der Waals surface area (Å²) in [5, 5.41) is 12.8. The molecule has 6 nitrogen and oxygen atoms in total. The molecule has 176 valence electrons. The minimum atomic E-state index is -0.395. The van der Waals surface area contributed by atoms with Crippen molar-refractivity contribution in [3.8, 4) is 0 Å². The van der Waals surface area contributed by atoms with Crippen LogP contribution < -0.4 is 5.32 Å². The molecular weight excluding hydrogens is 476 g/mol. The van der Waals surface area contributed by atoms with Crippen LogP contribution in [0.2, 0.25) is 10.0 Å². The Hall–Kier alpha value is -3.16. The van der Waals surface area contributed by atoms with Crippen LogP contribution in [-0.2, 0) is 13.1 Å². The van der Waals surface area contributed by atoms with Gasteiger partial charge in [0, 0.05) is 16.1 Å². The molecule has 0 aliphatic rings. The van der Waals surface area contributed by atoms with Crippen LogP contribution in [0.3, 0.4) is 0 Å². The van der Waals surface area contributed by atoms with Gasteiger partial charge in [0.15, 0.2) is 0 Å². The summed E-state index contributed by atoms with van der Waals surface area (Å²) in [5.74, 6) is -0.649. The Bertz CT molecular complexity index is 1350. The number of hydrogen-bond acceptors (Lipinski definition) is 3. The lowest BCUT2D eigenvalue weighted by molar-refractivity contribution is 0.102. The molecule has 0 saturated carbocycles. The Morgan fingerprint density at radius 3 is 2.18 bits per heavy atom. The van der Waals surface area contributed by atoms with Gasteiger partial charge < -0.3 is 5.32 Å². The van der Waals surface area contributed by atoms with Crippen molar-refractivity contribution < 1.29 is 9.18 Å². The lowest BCUT2D eigenvalue weighted by Crippen LogP contribution is -2.14. The molecule has 0 saturated heterocycles. The SMILES string of the molecule is Cc1nn(Cc2ccc(C(=O)Nc3c(C)nn(Cc4c(F)cccc4Cl)c3C)cc2)c(C)c1Cl. The third-order valence-corrected chi connectivity index (χ3v) is 6.73. The van der Waals surface area contributed by atoms with Crippen molar-refractivity contribution in [2.45, 2.75) is 40.8 Å². The Kier molecular flexibility index (Phi) is 6.77. The second kappa shape index (κ2) is 9.60. The molecule has 34 heavy (non-hydrogen) atoms. The first kappa shape index (κ1) is 24.0. The van der Waals surface area contributed by atoms with E-state index < -0.39 is 5.82 Å². The van der Waals surface area contributed by atoms with E-state index >= 15 is 0 Å². The molecule has 1 amide bonds. The zero-order valence-corrected chi connectivity index (χ0v) is 20.8. The summed E-state index contributed by atoms with van der Waals surface area (Å²) in [6.45, 7) is 8.15. The van der Waals surface area contributed by atoms with Gasteiger partial charge in [-0.05, 0) is 57.5 Å². The molecule has 0 radical (unpaired) electrons. The first-order chi connectivity index (χ1) is 16.2. The van der Waals surface area contributed by atoms with E-state index in [0.717, 1.165) is 17.0 Å². The number of rotatable bonds is 6. The number of carbonyl (C=O) groups excluding carboxylic acids is 1. The predicted molar refractivity (Wildman–Crippen MR) is 132 cm³/mol. The van der Waals surface area contributed by atoms with E-state index in [1.54, 1.807) is 35.9 Å². The van der Waals surface area contributed by atoms with Gasteiger partial charge in [-0.15, -0.1) is 0 Å². The maximum absolute atomic E-state index is 14.2. The summed E-state index contributed by atoms with van der Waals surface area (Å²) in [6, 6.07) is 11.9. The van der Waals surface area contributed by atoms with Gasteiger partial charge in [-0.2, -0.15) is 10.2 Å². The summed E-state index contributed by atoms with van der Waals surface area (Å²) in [6.07, 6.45) is 0. The molecule has 2 aromatic carbocycles. The maximum atomic E-state index is 14.2. The van der Waals surface area contributed by atoms with Crippen LogP contribution in [0, 0.1) is 33.5 Å². The number of halogens is 3. The normalized spacial score (nSPS) is 11.1. The average molecular weight is 500 g/mol. The highest BCUT2D eigenvalue weighted by Gasteiger charge is 2.18. The summed E-state index contributed by atoms with van der Waals surface area (Å²) in [7, 11) is 0. The summed E-state index contributed by atoms with van der Waals surface area (Å²) in [5.41, 5.74) is 5.50. The number of hydrogen-bond donors (Lipinski definition) is 1. The number of aromatic nitrogens is 4. The zero-order chi connectivity index (χ0) is 24.6. The molecule has 0 aliphatic heterocycles. The van der Waals surface area contributed by atoms with Gasteiger partial charge in [0.05, 0.1) is 46.6 Å². The highest BCUT2D eigenvalue weighted by molar-refractivity contribution is 6.32. The average Bonchev–Trinajstić information content (AvgIpc) is 3.20. The molecule has 2 aromatic heterocycles. The number of nitrogens with zero attached hydrogens (tertiary/aromatic N) is 4. The van der Waals surface area contributed by atoms with E-state index in [2.05, 4.69) is 15.5 Å². The topological polar surface area (TPSA) is 64.7 Å². The molecular formula is C25H24Cl2FN5O. The van der Waals surface area contributed by atoms with Crippen molar-refractivity contribution in [2.75, 3.05) is 5.32 Å². The molecule has 4 aromatic rings. The van der Waals surface area contributed by atoms with Gasteiger partial charge in [0.25, 0.3) is 5.91 Å². The van der Waals surface area contributed by atoms with Crippen LogP contribution in [0.4, 0.5) is 10.1 Å². The van der Waals surface area contributed by atoms with Crippen LogP contribution in [0.25, 0.3) is 0 Å².